The minimum atomic E-state index is -0.102. The fraction of sp³-hybridized carbons (Fsp3) is 0.350. The van der Waals surface area contributed by atoms with Crippen LogP contribution in [0.2, 0.25) is 0 Å². The molecule has 2 unspecified atom stereocenters. The molecule has 0 amide bonds. The van der Waals surface area contributed by atoms with E-state index in [1.165, 1.54) is 11.1 Å². The number of carbonyl (C=O) groups is 1. The van der Waals surface area contributed by atoms with Gasteiger partial charge < -0.3 is 4.74 Å². The topological polar surface area (TPSA) is 29.5 Å². The molecule has 0 aromatic heterocycles. The molecule has 24 heavy (non-hydrogen) atoms. The molecule has 2 aromatic rings. The highest BCUT2D eigenvalue weighted by Gasteiger charge is 2.39. The standard InChI is InChI=1S/C20H22BrNO2/c1-2-24-20(23)19-14-22(12-15-6-4-3-5-7-15)13-18(19)16-8-10-17(21)11-9-16/h3-11,18-19H,2,12-14H2,1H3. The van der Waals surface area contributed by atoms with E-state index in [4.69, 9.17) is 4.74 Å². The maximum Gasteiger partial charge on any atom is 0.310 e. The third-order valence-electron chi connectivity index (χ3n) is 4.53. The quantitative estimate of drug-likeness (QED) is 0.718. The Morgan fingerprint density at radius 2 is 1.83 bits per heavy atom. The van der Waals surface area contributed by atoms with E-state index in [2.05, 4.69) is 57.2 Å². The van der Waals surface area contributed by atoms with Crippen LogP contribution in [-0.4, -0.2) is 30.6 Å². The fourth-order valence-corrected chi connectivity index (χ4v) is 3.66. The van der Waals surface area contributed by atoms with E-state index in [1.807, 2.05) is 25.1 Å². The predicted octanol–water partition coefficient (Wildman–Crippen LogP) is 4.23. The summed E-state index contributed by atoms with van der Waals surface area (Å²) in [5.74, 6) is -0.00307. The Labute approximate surface area is 151 Å². The van der Waals surface area contributed by atoms with Crippen LogP contribution in [0.3, 0.4) is 0 Å². The molecule has 2 aromatic carbocycles. The molecule has 1 aliphatic rings. The monoisotopic (exact) mass is 387 g/mol. The zero-order chi connectivity index (χ0) is 16.9. The van der Waals surface area contributed by atoms with Gasteiger partial charge in [-0.15, -0.1) is 0 Å². The Morgan fingerprint density at radius 1 is 1.12 bits per heavy atom. The van der Waals surface area contributed by atoms with Crippen molar-refractivity contribution in [2.24, 2.45) is 5.92 Å². The summed E-state index contributed by atoms with van der Waals surface area (Å²) in [5.41, 5.74) is 2.48. The van der Waals surface area contributed by atoms with Gasteiger partial charge in [0, 0.05) is 30.0 Å². The van der Waals surface area contributed by atoms with Gasteiger partial charge in [0.05, 0.1) is 12.5 Å². The second kappa shape index (κ2) is 7.95. The lowest BCUT2D eigenvalue weighted by Gasteiger charge is -2.17. The van der Waals surface area contributed by atoms with Crippen molar-refractivity contribution in [2.75, 3.05) is 19.7 Å². The van der Waals surface area contributed by atoms with E-state index >= 15 is 0 Å². The van der Waals surface area contributed by atoms with Gasteiger partial charge in [0.1, 0.15) is 0 Å². The van der Waals surface area contributed by atoms with Crippen molar-refractivity contribution in [3.63, 3.8) is 0 Å². The average Bonchev–Trinajstić information content (AvgIpc) is 3.00. The molecule has 3 rings (SSSR count). The van der Waals surface area contributed by atoms with E-state index < -0.39 is 0 Å². The molecule has 1 aliphatic heterocycles. The molecular weight excluding hydrogens is 366 g/mol. The van der Waals surface area contributed by atoms with Crippen LogP contribution < -0.4 is 0 Å². The number of benzene rings is 2. The lowest BCUT2D eigenvalue weighted by Crippen LogP contribution is -2.25. The lowest BCUT2D eigenvalue weighted by atomic mass is 9.89. The van der Waals surface area contributed by atoms with Gasteiger partial charge in [0.2, 0.25) is 0 Å². The molecular formula is C20H22BrNO2. The Kier molecular flexibility index (Phi) is 5.69. The van der Waals surface area contributed by atoms with Crippen LogP contribution in [0.5, 0.6) is 0 Å². The summed E-state index contributed by atoms with van der Waals surface area (Å²) in [6, 6.07) is 18.7. The molecule has 1 heterocycles. The third kappa shape index (κ3) is 4.05. The number of esters is 1. The molecule has 3 nitrogen and oxygen atoms in total. The van der Waals surface area contributed by atoms with Crippen molar-refractivity contribution in [2.45, 2.75) is 19.4 Å². The van der Waals surface area contributed by atoms with E-state index in [1.54, 1.807) is 0 Å². The minimum absolute atomic E-state index is 0.0824. The summed E-state index contributed by atoms with van der Waals surface area (Å²) in [6.45, 7) is 4.78. The third-order valence-corrected chi connectivity index (χ3v) is 5.06. The van der Waals surface area contributed by atoms with Gasteiger partial charge in [-0.3, -0.25) is 9.69 Å². The molecule has 0 radical (unpaired) electrons. The van der Waals surface area contributed by atoms with Crippen LogP contribution in [0.25, 0.3) is 0 Å². The summed E-state index contributed by atoms with van der Waals surface area (Å²) in [4.78, 5) is 14.8. The molecule has 4 heteroatoms. The van der Waals surface area contributed by atoms with Gasteiger partial charge in [0.15, 0.2) is 0 Å². The maximum atomic E-state index is 12.4. The SMILES string of the molecule is CCOC(=O)C1CN(Cc2ccccc2)CC1c1ccc(Br)cc1. The van der Waals surface area contributed by atoms with Crippen molar-refractivity contribution in [1.29, 1.82) is 0 Å². The highest BCUT2D eigenvalue weighted by Crippen LogP contribution is 2.34. The van der Waals surface area contributed by atoms with Crippen LogP contribution in [-0.2, 0) is 16.1 Å². The van der Waals surface area contributed by atoms with Crippen molar-refractivity contribution in [1.82, 2.24) is 4.90 Å². The van der Waals surface area contributed by atoms with Crippen molar-refractivity contribution >= 4 is 21.9 Å². The Hall–Kier alpha value is -1.65. The molecule has 0 saturated carbocycles. The van der Waals surface area contributed by atoms with Crippen LogP contribution in [0.1, 0.15) is 24.0 Å². The first-order valence-corrected chi connectivity index (χ1v) is 9.15. The molecule has 1 saturated heterocycles. The molecule has 0 spiro atoms. The zero-order valence-electron chi connectivity index (χ0n) is 13.8. The Balaban J connectivity index is 1.78. The van der Waals surface area contributed by atoms with Crippen LogP contribution in [0.4, 0.5) is 0 Å². The number of hydrogen-bond acceptors (Lipinski definition) is 3. The molecule has 2 atom stereocenters. The highest BCUT2D eigenvalue weighted by molar-refractivity contribution is 9.10. The minimum Gasteiger partial charge on any atom is -0.466 e. The van der Waals surface area contributed by atoms with Gasteiger partial charge >= 0.3 is 5.97 Å². The number of rotatable bonds is 5. The van der Waals surface area contributed by atoms with Crippen molar-refractivity contribution in [3.8, 4) is 0 Å². The normalized spacial score (nSPS) is 20.9. The molecule has 126 valence electrons. The van der Waals surface area contributed by atoms with Crippen LogP contribution >= 0.6 is 15.9 Å². The highest BCUT2D eigenvalue weighted by atomic mass is 79.9. The summed E-state index contributed by atoms with van der Waals surface area (Å²) >= 11 is 3.48. The number of halogens is 1. The largest absolute Gasteiger partial charge is 0.466 e. The maximum absolute atomic E-state index is 12.4. The fourth-order valence-electron chi connectivity index (χ4n) is 3.39. The van der Waals surface area contributed by atoms with E-state index in [0.29, 0.717) is 6.61 Å². The Morgan fingerprint density at radius 3 is 2.50 bits per heavy atom. The van der Waals surface area contributed by atoms with Gasteiger partial charge in [-0.2, -0.15) is 0 Å². The summed E-state index contributed by atoms with van der Waals surface area (Å²) in [7, 11) is 0. The van der Waals surface area contributed by atoms with Crippen molar-refractivity contribution in [3.05, 3.63) is 70.2 Å². The lowest BCUT2D eigenvalue weighted by molar-refractivity contribution is -0.148. The van der Waals surface area contributed by atoms with Gasteiger partial charge in [-0.1, -0.05) is 58.4 Å². The average molecular weight is 388 g/mol. The van der Waals surface area contributed by atoms with Gasteiger partial charge in [-0.25, -0.2) is 0 Å². The molecule has 1 fully saturated rings. The van der Waals surface area contributed by atoms with Gasteiger partial charge in [-0.05, 0) is 30.2 Å². The van der Waals surface area contributed by atoms with E-state index in [-0.39, 0.29) is 17.8 Å². The number of likely N-dealkylation sites (tertiary alicyclic amines) is 1. The zero-order valence-corrected chi connectivity index (χ0v) is 15.4. The van der Waals surface area contributed by atoms with Crippen LogP contribution in [0.15, 0.2) is 59.1 Å². The number of nitrogens with zero attached hydrogens (tertiary/aromatic N) is 1. The first-order chi connectivity index (χ1) is 11.7. The molecule has 0 N–H and O–H groups in total. The summed E-state index contributed by atoms with van der Waals surface area (Å²) < 4.78 is 6.38. The number of hydrogen-bond donors (Lipinski definition) is 0. The van der Waals surface area contributed by atoms with Gasteiger partial charge in [0.25, 0.3) is 0 Å². The first kappa shape index (κ1) is 17.2. The van der Waals surface area contributed by atoms with E-state index in [0.717, 1.165) is 24.1 Å². The predicted molar refractivity (Wildman–Crippen MR) is 98.7 cm³/mol. The van der Waals surface area contributed by atoms with Crippen LogP contribution in [0, 0.1) is 5.92 Å². The van der Waals surface area contributed by atoms with E-state index in [9.17, 15) is 4.79 Å². The second-order valence-electron chi connectivity index (χ2n) is 6.20. The number of ether oxygens (including phenoxy) is 1. The summed E-state index contributed by atoms with van der Waals surface area (Å²) in [5, 5.41) is 0. The number of carbonyl (C=O) groups excluding carboxylic acids is 1. The Bertz CT molecular complexity index is 672. The molecule has 0 aliphatic carbocycles. The first-order valence-electron chi connectivity index (χ1n) is 8.35. The summed E-state index contributed by atoms with van der Waals surface area (Å²) in [6.07, 6.45) is 0. The molecule has 0 bridgehead atoms. The second-order valence-corrected chi connectivity index (χ2v) is 7.11. The smallest absolute Gasteiger partial charge is 0.310 e. The van der Waals surface area contributed by atoms with Crippen molar-refractivity contribution < 1.29 is 9.53 Å².